The summed E-state index contributed by atoms with van der Waals surface area (Å²) >= 11 is 0. The van der Waals surface area contributed by atoms with Crippen molar-refractivity contribution in [1.82, 2.24) is 0 Å². The second-order valence-electron chi connectivity index (χ2n) is 8.69. The van der Waals surface area contributed by atoms with Gasteiger partial charge in [0.25, 0.3) is 0 Å². The largest absolute Gasteiger partial charge is 0.103 e. The molecule has 0 nitrogen and oxygen atoms in total. The fraction of sp³-hybridized carbons (Fsp3) is 0.760. The van der Waals surface area contributed by atoms with Crippen LogP contribution < -0.4 is 0 Å². The normalized spacial score (nSPS) is 30.9. The highest BCUT2D eigenvalue weighted by Gasteiger charge is 2.20. The SMILES string of the molecule is C=CCCC1CCC(CCC=CC2CCC(CCC=CC)CC2)CC1. The van der Waals surface area contributed by atoms with Gasteiger partial charge >= 0.3 is 0 Å². The first-order valence-electron chi connectivity index (χ1n) is 11.2. The zero-order valence-electron chi connectivity index (χ0n) is 16.8. The van der Waals surface area contributed by atoms with Gasteiger partial charge in [0, 0.05) is 0 Å². The number of hydrogen-bond acceptors (Lipinski definition) is 0. The van der Waals surface area contributed by atoms with Crippen molar-refractivity contribution >= 4 is 0 Å². The van der Waals surface area contributed by atoms with Gasteiger partial charge in [-0.05, 0) is 94.8 Å². The smallest absolute Gasteiger partial charge is 0.0233 e. The van der Waals surface area contributed by atoms with E-state index >= 15 is 0 Å². The van der Waals surface area contributed by atoms with Crippen LogP contribution in [0.5, 0.6) is 0 Å². The Bertz CT molecular complexity index is 386. The number of hydrogen-bond donors (Lipinski definition) is 0. The topological polar surface area (TPSA) is 0 Å². The lowest BCUT2D eigenvalue weighted by molar-refractivity contribution is 0.255. The van der Waals surface area contributed by atoms with Crippen molar-refractivity contribution in [3.8, 4) is 0 Å². The highest BCUT2D eigenvalue weighted by molar-refractivity contribution is 4.92. The molecule has 0 amide bonds. The first-order valence-corrected chi connectivity index (χ1v) is 11.2. The van der Waals surface area contributed by atoms with Gasteiger partial charge in [-0.25, -0.2) is 0 Å². The standard InChI is InChI=1S/C25H42/c1-3-5-7-11-23-18-20-25(21-19-23)13-9-8-12-24-16-14-22(15-17-24)10-6-4-2/h3-5,9,13,22-25H,2,6-8,10-12,14-21H2,1H3. The quantitative estimate of drug-likeness (QED) is 0.350. The molecule has 0 atom stereocenters. The number of allylic oxidation sites excluding steroid dienone is 5. The minimum absolute atomic E-state index is 0.882. The monoisotopic (exact) mass is 342 g/mol. The first-order chi connectivity index (χ1) is 12.3. The van der Waals surface area contributed by atoms with Crippen LogP contribution >= 0.6 is 0 Å². The molecule has 0 aliphatic heterocycles. The van der Waals surface area contributed by atoms with E-state index in [9.17, 15) is 0 Å². The highest BCUT2D eigenvalue weighted by Crippen LogP contribution is 2.35. The van der Waals surface area contributed by atoms with Crippen molar-refractivity contribution in [1.29, 1.82) is 0 Å². The molecule has 0 N–H and O–H groups in total. The molecular weight excluding hydrogens is 300 g/mol. The lowest BCUT2D eigenvalue weighted by atomic mass is 9.78. The van der Waals surface area contributed by atoms with Crippen molar-refractivity contribution in [2.24, 2.45) is 23.7 Å². The molecule has 0 aromatic rings. The van der Waals surface area contributed by atoms with Crippen molar-refractivity contribution in [2.45, 2.75) is 96.8 Å². The van der Waals surface area contributed by atoms with Gasteiger partial charge in [0.2, 0.25) is 0 Å². The Kier molecular flexibility index (Phi) is 10.3. The summed E-state index contributed by atoms with van der Waals surface area (Å²) in [5.74, 6) is 3.88. The Hall–Kier alpha value is -0.780. The van der Waals surface area contributed by atoms with Crippen molar-refractivity contribution in [2.75, 3.05) is 0 Å². The molecule has 0 radical (unpaired) electrons. The fourth-order valence-electron chi connectivity index (χ4n) is 4.95. The third kappa shape index (κ3) is 8.43. The summed E-state index contributed by atoms with van der Waals surface area (Å²) < 4.78 is 0. The predicted octanol–water partition coefficient (Wildman–Crippen LogP) is 8.26. The third-order valence-electron chi connectivity index (χ3n) is 6.76. The molecule has 2 aliphatic carbocycles. The van der Waals surface area contributed by atoms with E-state index in [2.05, 4.69) is 43.9 Å². The lowest BCUT2D eigenvalue weighted by Gasteiger charge is -2.28. The van der Waals surface area contributed by atoms with Gasteiger partial charge in [-0.3, -0.25) is 0 Å². The predicted molar refractivity (Wildman–Crippen MR) is 113 cm³/mol. The summed E-state index contributed by atoms with van der Waals surface area (Å²) in [6.45, 7) is 5.99. The Labute approximate surface area is 157 Å². The summed E-state index contributed by atoms with van der Waals surface area (Å²) in [4.78, 5) is 0. The van der Waals surface area contributed by atoms with Crippen LogP contribution in [-0.4, -0.2) is 0 Å². The summed E-state index contributed by atoms with van der Waals surface area (Å²) in [6.07, 6.45) is 31.5. The van der Waals surface area contributed by atoms with E-state index in [0.717, 1.165) is 23.7 Å². The molecule has 0 spiro atoms. The molecule has 142 valence electrons. The van der Waals surface area contributed by atoms with E-state index in [4.69, 9.17) is 0 Å². The molecular formula is C25H42. The Morgan fingerprint density at radius 2 is 1.16 bits per heavy atom. The van der Waals surface area contributed by atoms with Crippen LogP contribution in [0.4, 0.5) is 0 Å². The van der Waals surface area contributed by atoms with Gasteiger partial charge < -0.3 is 0 Å². The Morgan fingerprint density at radius 1 is 0.680 bits per heavy atom. The number of rotatable bonds is 10. The van der Waals surface area contributed by atoms with Crippen LogP contribution in [0.15, 0.2) is 37.0 Å². The molecule has 0 heterocycles. The zero-order chi connectivity index (χ0) is 17.7. The van der Waals surface area contributed by atoms with Crippen LogP contribution in [0.1, 0.15) is 96.8 Å². The average molecular weight is 343 g/mol. The Morgan fingerprint density at radius 3 is 1.68 bits per heavy atom. The van der Waals surface area contributed by atoms with E-state index in [1.165, 1.54) is 89.9 Å². The van der Waals surface area contributed by atoms with Gasteiger partial charge in [-0.1, -0.05) is 56.1 Å². The van der Waals surface area contributed by atoms with Gasteiger partial charge in [0.1, 0.15) is 0 Å². The summed E-state index contributed by atoms with van der Waals surface area (Å²) in [6, 6.07) is 0. The molecule has 0 saturated heterocycles. The van der Waals surface area contributed by atoms with E-state index in [1.807, 2.05) is 0 Å². The van der Waals surface area contributed by atoms with Crippen molar-refractivity contribution < 1.29 is 0 Å². The minimum Gasteiger partial charge on any atom is -0.103 e. The van der Waals surface area contributed by atoms with Crippen LogP contribution in [0.25, 0.3) is 0 Å². The van der Waals surface area contributed by atoms with Crippen LogP contribution in [0, 0.1) is 23.7 Å². The molecule has 2 rings (SSSR count). The zero-order valence-corrected chi connectivity index (χ0v) is 16.8. The van der Waals surface area contributed by atoms with Crippen LogP contribution in [0.3, 0.4) is 0 Å². The van der Waals surface area contributed by atoms with Gasteiger partial charge in [0.05, 0.1) is 0 Å². The molecule has 0 aromatic carbocycles. The third-order valence-corrected chi connectivity index (χ3v) is 6.76. The van der Waals surface area contributed by atoms with Gasteiger partial charge in [0.15, 0.2) is 0 Å². The summed E-state index contributed by atoms with van der Waals surface area (Å²) in [7, 11) is 0. The van der Waals surface area contributed by atoms with E-state index in [0.29, 0.717) is 0 Å². The minimum atomic E-state index is 0.882. The van der Waals surface area contributed by atoms with Gasteiger partial charge in [-0.2, -0.15) is 0 Å². The molecule has 0 aromatic heterocycles. The molecule has 25 heavy (non-hydrogen) atoms. The van der Waals surface area contributed by atoms with Crippen molar-refractivity contribution in [3.05, 3.63) is 37.0 Å². The average Bonchev–Trinajstić information content (AvgIpc) is 2.66. The molecule has 0 heteroatoms. The van der Waals surface area contributed by atoms with Crippen molar-refractivity contribution in [3.63, 3.8) is 0 Å². The Balaban J connectivity index is 1.52. The molecule has 0 bridgehead atoms. The molecule has 2 fully saturated rings. The first kappa shape index (κ1) is 20.5. The van der Waals surface area contributed by atoms with Crippen LogP contribution in [0.2, 0.25) is 0 Å². The molecule has 2 saturated carbocycles. The maximum atomic E-state index is 3.86. The second-order valence-corrected chi connectivity index (χ2v) is 8.69. The van der Waals surface area contributed by atoms with E-state index < -0.39 is 0 Å². The van der Waals surface area contributed by atoms with Crippen LogP contribution in [-0.2, 0) is 0 Å². The fourth-order valence-corrected chi connectivity index (χ4v) is 4.95. The second kappa shape index (κ2) is 12.6. The summed E-state index contributed by atoms with van der Waals surface area (Å²) in [5.41, 5.74) is 0. The molecule has 2 aliphatic rings. The maximum absolute atomic E-state index is 3.86. The summed E-state index contributed by atoms with van der Waals surface area (Å²) in [5, 5.41) is 0. The van der Waals surface area contributed by atoms with E-state index in [-0.39, 0.29) is 0 Å². The highest BCUT2D eigenvalue weighted by atomic mass is 14.3. The maximum Gasteiger partial charge on any atom is -0.0233 e. The van der Waals surface area contributed by atoms with E-state index in [1.54, 1.807) is 0 Å². The lowest BCUT2D eigenvalue weighted by Crippen LogP contribution is -2.14. The molecule has 0 unspecified atom stereocenters. The van der Waals surface area contributed by atoms with Gasteiger partial charge in [-0.15, -0.1) is 6.58 Å².